The van der Waals surface area contributed by atoms with Crippen molar-refractivity contribution < 1.29 is 9.59 Å². The Balaban J connectivity index is 1.82. The first-order valence-corrected chi connectivity index (χ1v) is 9.36. The fourth-order valence-corrected chi connectivity index (χ4v) is 3.32. The maximum Gasteiger partial charge on any atom is 0.257 e. The van der Waals surface area contributed by atoms with Crippen molar-refractivity contribution in [3.63, 3.8) is 0 Å². The molecule has 2 N–H and O–H groups in total. The molecule has 0 aliphatic rings. The van der Waals surface area contributed by atoms with Crippen molar-refractivity contribution in [3.05, 3.63) is 82.7 Å². The molecule has 0 spiro atoms. The van der Waals surface area contributed by atoms with Gasteiger partial charge in [-0.15, -0.1) is 0 Å². The van der Waals surface area contributed by atoms with Gasteiger partial charge in [-0.1, -0.05) is 12.1 Å². The van der Waals surface area contributed by atoms with E-state index in [9.17, 15) is 9.59 Å². The zero-order valence-corrected chi connectivity index (χ0v) is 16.7. The summed E-state index contributed by atoms with van der Waals surface area (Å²) in [7, 11) is 0. The number of benzene rings is 2. The van der Waals surface area contributed by atoms with Crippen LogP contribution in [0.1, 0.15) is 44.6 Å². The zero-order valence-electron chi connectivity index (χ0n) is 16.7. The molecule has 0 atom stereocenters. The third-order valence-electron chi connectivity index (χ3n) is 4.68. The molecule has 5 nitrogen and oxygen atoms in total. The predicted octanol–water partition coefficient (Wildman–Crippen LogP) is 4.40. The maximum atomic E-state index is 12.8. The summed E-state index contributed by atoms with van der Waals surface area (Å²) in [6, 6.07) is 17.0. The van der Waals surface area contributed by atoms with Crippen LogP contribution in [0.4, 0.5) is 5.69 Å². The Bertz CT molecular complexity index is 1020. The molecule has 0 aliphatic heterocycles. The lowest BCUT2D eigenvalue weighted by atomic mass is 10.1. The van der Waals surface area contributed by atoms with Gasteiger partial charge in [0.05, 0.1) is 5.56 Å². The van der Waals surface area contributed by atoms with E-state index in [2.05, 4.69) is 34.3 Å². The number of amides is 2. The number of nitrogens with zero attached hydrogens (tertiary/aromatic N) is 1. The number of nitrogens with one attached hydrogen (secondary N) is 2. The number of rotatable bonds is 5. The quantitative estimate of drug-likeness (QED) is 0.694. The largest absolute Gasteiger partial charge is 0.352 e. The molecule has 0 aliphatic carbocycles. The summed E-state index contributed by atoms with van der Waals surface area (Å²) in [5.74, 6) is -0.292. The van der Waals surface area contributed by atoms with Crippen LogP contribution in [-0.2, 0) is 0 Å². The van der Waals surface area contributed by atoms with Crippen LogP contribution in [0.3, 0.4) is 0 Å². The number of hydrogen-bond acceptors (Lipinski definition) is 2. The molecule has 0 saturated carbocycles. The Morgan fingerprint density at radius 3 is 2.29 bits per heavy atom. The Hall–Kier alpha value is -3.34. The first kappa shape index (κ1) is 19.4. The van der Waals surface area contributed by atoms with Crippen molar-refractivity contribution in [1.29, 1.82) is 0 Å². The lowest BCUT2D eigenvalue weighted by Gasteiger charge is -2.11. The Morgan fingerprint density at radius 1 is 0.929 bits per heavy atom. The lowest BCUT2D eigenvalue weighted by Crippen LogP contribution is -2.22. The monoisotopic (exact) mass is 375 g/mol. The molecule has 1 heterocycles. The molecule has 0 bridgehead atoms. The minimum Gasteiger partial charge on any atom is -0.352 e. The highest BCUT2D eigenvalue weighted by molar-refractivity contribution is 6.05. The molecule has 144 valence electrons. The summed E-state index contributed by atoms with van der Waals surface area (Å²) < 4.78 is 2.08. The number of carbonyl (C=O) groups is 2. The van der Waals surface area contributed by atoms with Crippen LogP contribution in [0.25, 0.3) is 5.69 Å². The number of hydrogen-bond donors (Lipinski definition) is 2. The lowest BCUT2D eigenvalue weighted by molar-refractivity contribution is 0.0955. The molecule has 2 amide bonds. The minimum atomic E-state index is -0.169. The number of aromatic nitrogens is 1. The third-order valence-corrected chi connectivity index (χ3v) is 4.68. The summed E-state index contributed by atoms with van der Waals surface area (Å²) in [6.07, 6.45) is 0. The Kier molecular flexibility index (Phi) is 5.64. The highest BCUT2D eigenvalue weighted by Gasteiger charge is 2.17. The molecule has 2 aromatic carbocycles. The summed E-state index contributed by atoms with van der Waals surface area (Å²) in [5.41, 5.74) is 5.95. The van der Waals surface area contributed by atoms with Crippen LogP contribution in [0, 0.1) is 20.8 Å². The molecule has 0 saturated heterocycles. The average molecular weight is 375 g/mol. The van der Waals surface area contributed by atoms with E-state index in [0.29, 0.717) is 23.4 Å². The van der Waals surface area contributed by atoms with E-state index in [1.807, 2.05) is 39.0 Å². The van der Waals surface area contributed by atoms with Gasteiger partial charge in [-0.2, -0.15) is 0 Å². The van der Waals surface area contributed by atoms with Gasteiger partial charge in [0.2, 0.25) is 0 Å². The molecule has 0 radical (unpaired) electrons. The SMILES string of the molecule is CCNC(=O)c1ccc(NC(=O)c2cc(C)n(-c3cccc(C)c3)c2C)cc1. The van der Waals surface area contributed by atoms with Gasteiger partial charge in [0, 0.05) is 34.9 Å². The fourth-order valence-electron chi connectivity index (χ4n) is 3.32. The van der Waals surface area contributed by atoms with Crippen molar-refractivity contribution in [2.45, 2.75) is 27.7 Å². The van der Waals surface area contributed by atoms with Crippen LogP contribution in [-0.4, -0.2) is 22.9 Å². The predicted molar refractivity (Wildman–Crippen MR) is 112 cm³/mol. The molecule has 5 heteroatoms. The molecule has 0 unspecified atom stereocenters. The van der Waals surface area contributed by atoms with Crippen molar-refractivity contribution in [1.82, 2.24) is 9.88 Å². The number of aryl methyl sites for hydroxylation is 2. The standard InChI is InChI=1S/C23H25N3O2/c1-5-24-22(27)18-9-11-19(12-10-18)25-23(28)21-14-16(3)26(17(21)4)20-8-6-7-15(2)13-20/h6-14H,5H2,1-4H3,(H,24,27)(H,25,28). The number of anilines is 1. The van der Waals surface area contributed by atoms with Crippen molar-refractivity contribution >= 4 is 17.5 Å². The van der Waals surface area contributed by atoms with E-state index < -0.39 is 0 Å². The average Bonchev–Trinajstić information content (AvgIpc) is 2.97. The van der Waals surface area contributed by atoms with Gasteiger partial charge >= 0.3 is 0 Å². The van der Waals surface area contributed by atoms with Gasteiger partial charge in [-0.3, -0.25) is 9.59 Å². The fraction of sp³-hybridized carbons (Fsp3) is 0.217. The molecular weight excluding hydrogens is 350 g/mol. The van der Waals surface area contributed by atoms with Gasteiger partial charge in [-0.25, -0.2) is 0 Å². The summed E-state index contributed by atoms with van der Waals surface area (Å²) >= 11 is 0. The molecule has 3 aromatic rings. The second kappa shape index (κ2) is 8.13. The second-order valence-corrected chi connectivity index (χ2v) is 6.85. The molecule has 28 heavy (non-hydrogen) atoms. The smallest absolute Gasteiger partial charge is 0.257 e. The van der Waals surface area contributed by atoms with Crippen LogP contribution < -0.4 is 10.6 Å². The van der Waals surface area contributed by atoms with Crippen LogP contribution >= 0.6 is 0 Å². The first-order valence-electron chi connectivity index (χ1n) is 9.36. The van der Waals surface area contributed by atoms with E-state index in [1.165, 1.54) is 5.56 Å². The van der Waals surface area contributed by atoms with Gasteiger partial charge < -0.3 is 15.2 Å². The van der Waals surface area contributed by atoms with Crippen molar-refractivity contribution in [3.8, 4) is 5.69 Å². The van der Waals surface area contributed by atoms with E-state index in [0.717, 1.165) is 17.1 Å². The van der Waals surface area contributed by atoms with Gasteiger partial charge in [-0.05, 0) is 75.7 Å². The van der Waals surface area contributed by atoms with E-state index in [-0.39, 0.29) is 11.8 Å². The van der Waals surface area contributed by atoms with Crippen molar-refractivity contribution in [2.75, 3.05) is 11.9 Å². The molecule has 1 aromatic heterocycles. The van der Waals surface area contributed by atoms with E-state index in [4.69, 9.17) is 0 Å². The molecular formula is C23H25N3O2. The molecule has 0 fully saturated rings. The van der Waals surface area contributed by atoms with Crippen LogP contribution in [0.15, 0.2) is 54.6 Å². The Morgan fingerprint density at radius 2 is 1.64 bits per heavy atom. The summed E-state index contributed by atoms with van der Waals surface area (Å²) in [6.45, 7) is 8.44. The van der Waals surface area contributed by atoms with Crippen LogP contribution in [0.5, 0.6) is 0 Å². The summed E-state index contributed by atoms with van der Waals surface area (Å²) in [4.78, 5) is 24.7. The number of carbonyl (C=O) groups excluding carboxylic acids is 2. The minimum absolute atomic E-state index is 0.123. The van der Waals surface area contributed by atoms with Crippen molar-refractivity contribution in [2.24, 2.45) is 0 Å². The summed E-state index contributed by atoms with van der Waals surface area (Å²) in [5, 5.41) is 5.67. The van der Waals surface area contributed by atoms with E-state index in [1.54, 1.807) is 24.3 Å². The first-order chi connectivity index (χ1) is 13.4. The zero-order chi connectivity index (χ0) is 20.3. The second-order valence-electron chi connectivity index (χ2n) is 6.85. The third kappa shape index (κ3) is 3.98. The van der Waals surface area contributed by atoms with Crippen LogP contribution in [0.2, 0.25) is 0 Å². The topological polar surface area (TPSA) is 63.1 Å². The normalized spacial score (nSPS) is 10.6. The highest BCUT2D eigenvalue weighted by atomic mass is 16.2. The van der Waals surface area contributed by atoms with Gasteiger partial charge in [0.25, 0.3) is 11.8 Å². The van der Waals surface area contributed by atoms with Gasteiger partial charge in [0.15, 0.2) is 0 Å². The maximum absolute atomic E-state index is 12.8. The van der Waals surface area contributed by atoms with Gasteiger partial charge in [0.1, 0.15) is 0 Å². The van der Waals surface area contributed by atoms with E-state index >= 15 is 0 Å². The molecule has 3 rings (SSSR count). The highest BCUT2D eigenvalue weighted by Crippen LogP contribution is 2.22. The Labute approximate surface area is 165 Å².